The Labute approximate surface area is 199 Å². The van der Waals surface area contributed by atoms with Gasteiger partial charge in [0, 0.05) is 12.1 Å². The molecule has 2 fully saturated rings. The minimum Gasteiger partial charge on any atom is -0.414 e. The van der Waals surface area contributed by atoms with Gasteiger partial charge in [0.1, 0.15) is 17.0 Å². The molecular weight excluding hydrogens is 460 g/mol. The van der Waals surface area contributed by atoms with E-state index in [-0.39, 0.29) is 46.0 Å². The number of ether oxygens (including phenoxy) is 1. The first-order chi connectivity index (χ1) is 14.9. The first-order valence-electron chi connectivity index (χ1n) is 11.8. The molecule has 0 saturated carbocycles. The first kappa shape index (κ1) is 26.0. The summed E-state index contributed by atoms with van der Waals surface area (Å²) in [4.78, 5) is 15.3. The van der Waals surface area contributed by atoms with E-state index in [1.54, 1.807) is 16.8 Å². The Kier molecular flexibility index (Phi) is 7.76. The summed E-state index contributed by atoms with van der Waals surface area (Å²) in [5.41, 5.74) is 0.772. The third kappa shape index (κ3) is 4.39. The van der Waals surface area contributed by atoms with Crippen LogP contribution >= 0.6 is 12.2 Å². The molecule has 32 heavy (non-hydrogen) atoms. The molecule has 0 spiro atoms. The molecule has 0 aliphatic carbocycles. The largest absolute Gasteiger partial charge is 0.414 e. The molecule has 1 aromatic rings. The van der Waals surface area contributed by atoms with Crippen LogP contribution < -0.4 is 5.69 Å². The summed E-state index contributed by atoms with van der Waals surface area (Å²) < 4.78 is 29.6. The topological polar surface area (TPSA) is 74.7 Å². The van der Waals surface area contributed by atoms with E-state index < -0.39 is 23.3 Å². The van der Waals surface area contributed by atoms with Crippen LogP contribution in [0, 0.1) is 10.6 Å². The second-order valence-corrected chi connectivity index (χ2v) is 19.8. The number of aromatic amines is 1. The summed E-state index contributed by atoms with van der Waals surface area (Å²) in [5, 5.41) is 0. The molecule has 4 atom stereocenters. The normalized spacial score (nSPS) is 30.0. The number of nitrogens with zero attached hydrogens (tertiary/aromatic N) is 1. The third-order valence-corrected chi connectivity index (χ3v) is 17.6. The highest BCUT2D eigenvalue weighted by Gasteiger charge is 2.61. The number of hydrogen-bond acceptors (Lipinski definition) is 6. The summed E-state index contributed by atoms with van der Waals surface area (Å²) in [6.45, 7) is 20.2. The van der Waals surface area contributed by atoms with Gasteiger partial charge >= 0.3 is 22.8 Å². The van der Waals surface area contributed by atoms with Crippen LogP contribution in [0.5, 0.6) is 0 Å². The van der Waals surface area contributed by atoms with Gasteiger partial charge in [-0.05, 0) is 28.2 Å². The fourth-order valence-corrected chi connectivity index (χ4v) is 16.7. The number of fused-ring (bicyclic) bond motifs is 1. The fourth-order valence-electron chi connectivity index (χ4n) is 5.28. The van der Waals surface area contributed by atoms with E-state index in [0.717, 1.165) is 0 Å². The Morgan fingerprint density at radius 3 is 2.09 bits per heavy atom. The number of hydrogen-bond donors (Lipinski definition) is 1. The molecule has 3 rings (SSSR count). The lowest BCUT2D eigenvalue weighted by molar-refractivity contribution is -0.0572. The molecule has 1 N–H and O–H groups in total. The number of aromatic nitrogens is 2. The van der Waals surface area contributed by atoms with Crippen molar-refractivity contribution in [2.24, 2.45) is 5.92 Å². The van der Waals surface area contributed by atoms with Gasteiger partial charge in [0.25, 0.3) is 0 Å². The molecule has 10 heteroatoms. The lowest BCUT2D eigenvalue weighted by Crippen LogP contribution is -2.65. The zero-order chi connectivity index (χ0) is 24.0. The van der Waals surface area contributed by atoms with Gasteiger partial charge in [-0.2, -0.15) is 0 Å². The second-order valence-electron chi connectivity index (χ2n) is 10.5. The number of nitrogens with one attached hydrogen (secondary N) is 1. The summed E-state index contributed by atoms with van der Waals surface area (Å²) in [6.07, 6.45) is 0.780. The van der Waals surface area contributed by atoms with E-state index in [1.165, 1.54) is 0 Å². The zero-order valence-corrected chi connectivity index (χ0v) is 23.7. The van der Waals surface area contributed by atoms with Crippen molar-refractivity contribution in [3.05, 3.63) is 27.4 Å². The molecule has 1 aromatic heterocycles. The van der Waals surface area contributed by atoms with Crippen molar-refractivity contribution in [3.8, 4) is 0 Å². The Hall–Kier alpha value is -0.626. The monoisotopic (exact) mass is 500 g/mol. The van der Waals surface area contributed by atoms with Crippen molar-refractivity contribution < 1.29 is 17.7 Å². The van der Waals surface area contributed by atoms with Gasteiger partial charge in [0.05, 0.1) is 12.7 Å². The summed E-state index contributed by atoms with van der Waals surface area (Å²) >= 11 is 5.10. The van der Waals surface area contributed by atoms with Crippen molar-refractivity contribution >= 4 is 29.3 Å². The van der Waals surface area contributed by atoms with Crippen molar-refractivity contribution in [1.29, 1.82) is 0 Å². The van der Waals surface area contributed by atoms with Crippen LogP contribution in [0.15, 0.2) is 17.1 Å². The van der Waals surface area contributed by atoms with E-state index in [9.17, 15) is 4.79 Å². The van der Waals surface area contributed by atoms with Crippen LogP contribution in [0.2, 0.25) is 22.2 Å². The molecule has 3 heterocycles. The van der Waals surface area contributed by atoms with Crippen LogP contribution in [0.3, 0.4) is 0 Å². The lowest BCUT2D eigenvalue weighted by atomic mass is 10.0. The second kappa shape index (κ2) is 9.55. The van der Waals surface area contributed by atoms with Crippen molar-refractivity contribution in [2.75, 3.05) is 6.61 Å². The number of rotatable bonds is 5. The highest BCUT2D eigenvalue weighted by molar-refractivity contribution is 7.71. The van der Waals surface area contributed by atoms with Crippen LogP contribution in [-0.4, -0.2) is 45.5 Å². The molecule has 2 unspecified atom stereocenters. The number of H-pyrrole nitrogens is 1. The van der Waals surface area contributed by atoms with Crippen LogP contribution in [0.4, 0.5) is 0 Å². The minimum atomic E-state index is -2.72. The predicted molar refractivity (Wildman–Crippen MR) is 133 cm³/mol. The van der Waals surface area contributed by atoms with Gasteiger partial charge in [0.15, 0.2) is 0 Å². The Morgan fingerprint density at radius 1 is 1.03 bits per heavy atom. The van der Waals surface area contributed by atoms with Gasteiger partial charge in [0.2, 0.25) is 0 Å². The highest BCUT2D eigenvalue weighted by Crippen LogP contribution is 2.49. The van der Waals surface area contributed by atoms with Gasteiger partial charge in [-0.25, -0.2) is 4.79 Å². The maximum atomic E-state index is 12.6. The quantitative estimate of drug-likeness (QED) is 0.431. The van der Waals surface area contributed by atoms with E-state index in [0.29, 0.717) is 11.2 Å². The molecule has 182 valence electrons. The molecule has 0 radical (unpaired) electrons. The average Bonchev–Trinajstić information content (AvgIpc) is 2.96. The third-order valence-electron chi connectivity index (χ3n) is 7.11. The molecule has 0 amide bonds. The smallest absolute Gasteiger partial charge is 0.335 e. The van der Waals surface area contributed by atoms with Crippen LogP contribution in [-0.2, 0) is 17.7 Å². The molecule has 0 bridgehead atoms. The van der Waals surface area contributed by atoms with E-state index in [4.69, 9.17) is 29.9 Å². The SMILES string of the molecule is CC1C2O[Si](C(C)C)(C(C)C)O[Si](C(C)C)(C(C)C)OC[C@H]2O[C@H]1n1ccc(=S)[nH]c1=O. The summed E-state index contributed by atoms with van der Waals surface area (Å²) in [7, 11) is -5.33. The molecule has 7 nitrogen and oxygen atoms in total. The maximum Gasteiger partial charge on any atom is 0.335 e. The molecule has 0 aromatic carbocycles. The molecule has 2 aliphatic rings. The summed E-state index contributed by atoms with van der Waals surface area (Å²) in [5.74, 6) is -0.0501. The lowest BCUT2D eigenvalue weighted by Gasteiger charge is -2.51. The zero-order valence-electron chi connectivity index (χ0n) is 20.9. The van der Waals surface area contributed by atoms with Gasteiger partial charge in [-0.3, -0.25) is 9.55 Å². The van der Waals surface area contributed by atoms with Crippen LogP contribution in [0.1, 0.15) is 68.5 Å². The van der Waals surface area contributed by atoms with E-state index in [1.807, 2.05) is 0 Å². The van der Waals surface area contributed by atoms with Gasteiger partial charge < -0.3 is 17.7 Å². The average molecular weight is 501 g/mol. The Balaban J connectivity index is 2.08. The predicted octanol–water partition coefficient (Wildman–Crippen LogP) is 5.40. The first-order valence-corrected chi connectivity index (χ1v) is 16.2. The molecule has 2 saturated heterocycles. The van der Waals surface area contributed by atoms with E-state index >= 15 is 0 Å². The molecule has 2 aliphatic heterocycles. The van der Waals surface area contributed by atoms with Crippen molar-refractivity contribution in [2.45, 2.75) is 103 Å². The standard InChI is InChI=1S/C22H40N2O5SSi2/c1-13(2)31(14(3)4)26-12-18-20(28-32(29-31,15(5)6)16(7)8)17(9)21(27-18)24-11-10-19(30)23-22(24)25/h10-11,13-18,20-21H,12H2,1-9H3,(H,23,25,30)/t17?,18-,20?,21-/m1/s1. The Morgan fingerprint density at radius 2 is 1.59 bits per heavy atom. The fraction of sp³-hybridized carbons (Fsp3) is 0.818. The van der Waals surface area contributed by atoms with Crippen molar-refractivity contribution in [3.63, 3.8) is 0 Å². The highest BCUT2D eigenvalue weighted by atomic mass is 32.1. The van der Waals surface area contributed by atoms with Gasteiger partial charge in [-0.15, -0.1) is 0 Å². The maximum absolute atomic E-state index is 12.6. The van der Waals surface area contributed by atoms with Crippen molar-refractivity contribution in [1.82, 2.24) is 9.55 Å². The van der Waals surface area contributed by atoms with Gasteiger partial charge in [-0.1, -0.05) is 74.5 Å². The molecular formula is C22H40N2O5SSi2. The Bertz CT molecular complexity index is 900. The van der Waals surface area contributed by atoms with E-state index in [2.05, 4.69) is 67.3 Å². The minimum absolute atomic E-state index is 0.0501. The van der Waals surface area contributed by atoms with Crippen LogP contribution in [0.25, 0.3) is 0 Å². The summed E-state index contributed by atoms with van der Waals surface area (Å²) in [6, 6.07) is 1.71.